The molecule has 2 aromatic heterocycles. The number of carboxylic acids is 1. The van der Waals surface area contributed by atoms with Gasteiger partial charge in [-0.1, -0.05) is 23.5 Å². The Hall–Kier alpha value is -3.36. The molecule has 2 aliphatic heterocycles. The van der Waals surface area contributed by atoms with Crippen molar-refractivity contribution in [1.29, 1.82) is 0 Å². The van der Waals surface area contributed by atoms with Gasteiger partial charge in [-0.25, -0.2) is 9.78 Å². The summed E-state index contributed by atoms with van der Waals surface area (Å²) in [5, 5.41) is 18.5. The van der Waals surface area contributed by atoms with E-state index < -0.39 is 29.2 Å². The molecule has 2 atom stereocenters. The largest absolute Gasteiger partial charge is 0.477 e. The molecule has 4 heterocycles. The van der Waals surface area contributed by atoms with Crippen LogP contribution in [0, 0.1) is 0 Å². The first-order valence-corrected chi connectivity index (χ1v) is 13.5. The summed E-state index contributed by atoms with van der Waals surface area (Å²) in [6.07, 6.45) is 3.71. The zero-order chi connectivity index (χ0) is 25.8. The number of hydrogen-bond acceptors (Lipinski definition) is 10. The molecule has 2 aliphatic rings. The van der Waals surface area contributed by atoms with Gasteiger partial charge in [-0.3, -0.25) is 14.5 Å². The van der Waals surface area contributed by atoms with Crippen molar-refractivity contribution < 1.29 is 28.9 Å². The number of rotatable bonds is 10. The van der Waals surface area contributed by atoms with Crippen molar-refractivity contribution in [3.8, 4) is 0 Å². The van der Waals surface area contributed by atoms with Crippen molar-refractivity contribution in [1.82, 2.24) is 15.2 Å². The van der Waals surface area contributed by atoms with E-state index in [1.165, 1.54) is 35.5 Å². The first kappa shape index (κ1) is 25.7. The van der Waals surface area contributed by atoms with E-state index in [2.05, 4.69) is 22.0 Å². The summed E-state index contributed by atoms with van der Waals surface area (Å²) in [4.78, 5) is 48.1. The van der Waals surface area contributed by atoms with Gasteiger partial charge in [0.05, 0.1) is 0 Å². The van der Waals surface area contributed by atoms with Gasteiger partial charge in [0, 0.05) is 29.0 Å². The number of carbonyl (C=O) groups excluding carboxylic acids is 2. The molecule has 0 bridgehead atoms. The summed E-state index contributed by atoms with van der Waals surface area (Å²) in [5.74, 6) is -1.54. The predicted octanol–water partition coefficient (Wildman–Crippen LogP) is 1.08. The highest BCUT2D eigenvalue weighted by Crippen LogP contribution is 2.41. The number of thiazole rings is 1. The minimum atomic E-state index is -1.18. The van der Waals surface area contributed by atoms with Crippen LogP contribution < -0.4 is 15.6 Å². The number of nitrogens with one attached hydrogen (secondary N) is 1. The third-order valence-electron chi connectivity index (χ3n) is 5.32. The average molecular weight is 548 g/mol. The molecule has 14 heteroatoms. The number of fused-ring (bicyclic) bond motifs is 1. The second-order valence-corrected chi connectivity index (χ2v) is 10.6. The van der Waals surface area contributed by atoms with Gasteiger partial charge >= 0.3 is 5.97 Å². The number of thioether (sulfide) groups is 2. The summed E-state index contributed by atoms with van der Waals surface area (Å²) in [6, 6.07) is 4.86. The Labute approximate surface area is 219 Å². The third kappa shape index (κ3) is 5.10. The number of oxime groups is 1. The summed E-state index contributed by atoms with van der Waals surface area (Å²) in [6.45, 7) is 4.39. The number of β-lactam (4-membered cyclic amide) rings is 1. The topological polar surface area (TPSA) is 151 Å². The van der Waals surface area contributed by atoms with Gasteiger partial charge in [0.25, 0.3) is 11.8 Å². The number of amides is 2. The van der Waals surface area contributed by atoms with Crippen LogP contribution in [0.15, 0.2) is 63.9 Å². The van der Waals surface area contributed by atoms with Crippen molar-refractivity contribution >= 4 is 63.5 Å². The standard InChI is InChI=1S/C22H22N6O5S3/c1-3-7-27-8-5-4-6-14(27)34-9-12-10-35-20-16(19(30)28(20)17(12)21(31)32)25-18(29)15(26-33-2)13-11-36-22(23)24-13/h3-6,8,11,16,20H,1,7,9-10H2,2H3,(H3-,23,24,25,29,31,32)/p+1/t16-,20-/m1/s1. The number of pyridine rings is 1. The lowest BCUT2D eigenvalue weighted by atomic mass is 10.0. The zero-order valence-corrected chi connectivity index (χ0v) is 21.6. The van der Waals surface area contributed by atoms with Crippen LogP contribution in [0.2, 0.25) is 0 Å². The second kappa shape index (κ2) is 11.1. The summed E-state index contributed by atoms with van der Waals surface area (Å²) in [7, 11) is 1.29. The van der Waals surface area contributed by atoms with E-state index >= 15 is 0 Å². The molecule has 2 amide bonds. The monoisotopic (exact) mass is 547 g/mol. The lowest BCUT2D eigenvalue weighted by Crippen LogP contribution is -2.71. The average Bonchev–Trinajstić information content (AvgIpc) is 3.30. The molecule has 36 heavy (non-hydrogen) atoms. The summed E-state index contributed by atoms with van der Waals surface area (Å²) < 4.78 is 2.01. The first-order valence-electron chi connectivity index (χ1n) is 10.6. The molecule has 0 aliphatic carbocycles. The normalized spacial score (nSPS) is 19.4. The summed E-state index contributed by atoms with van der Waals surface area (Å²) >= 11 is 4.02. The van der Waals surface area contributed by atoms with E-state index in [1.54, 1.807) is 11.5 Å². The van der Waals surface area contributed by atoms with Gasteiger partial charge in [0.1, 0.15) is 29.9 Å². The predicted molar refractivity (Wildman–Crippen MR) is 137 cm³/mol. The van der Waals surface area contributed by atoms with E-state index in [1.807, 2.05) is 29.0 Å². The Morgan fingerprint density at radius 3 is 2.97 bits per heavy atom. The van der Waals surface area contributed by atoms with Gasteiger partial charge in [-0.05, 0) is 17.7 Å². The number of nitrogens with two attached hydrogens (primary N) is 1. The Morgan fingerprint density at radius 2 is 2.31 bits per heavy atom. The van der Waals surface area contributed by atoms with Crippen molar-refractivity contribution in [3.63, 3.8) is 0 Å². The minimum absolute atomic E-state index is 0.0361. The minimum Gasteiger partial charge on any atom is -0.477 e. The highest BCUT2D eigenvalue weighted by molar-refractivity contribution is 8.01. The molecule has 0 unspecified atom stereocenters. The molecular weight excluding hydrogens is 524 g/mol. The maximum absolute atomic E-state index is 13.0. The van der Waals surface area contributed by atoms with Crippen molar-refractivity contribution in [3.05, 3.63) is 59.4 Å². The fourth-order valence-corrected chi connectivity index (χ4v) is 6.80. The smallest absolute Gasteiger partial charge is 0.352 e. The highest BCUT2D eigenvalue weighted by Gasteiger charge is 2.54. The molecule has 4 N–H and O–H groups in total. The molecule has 0 saturated carbocycles. The van der Waals surface area contributed by atoms with Gasteiger partial charge in [-0.2, -0.15) is 4.57 Å². The lowest BCUT2D eigenvalue weighted by molar-refractivity contribution is -0.723. The Balaban J connectivity index is 1.49. The molecule has 11 nitrogen and oxygen atoms in total. The fourth-order valence-electron chi connectivity index (χ4n) is 3.74. The maximum atomic E-state index is 13.0. The Morgan fingerprint density at radius 1 is 1.50 bits per heavy atom. The lowest BCUT2D eigenvalue weighted by Gasteiger charge is -2.49. The molecular formula is C22H23N6O5S3+. The molecule has 2 aromatic rings. The van der Waals surface area contributed by atoms with Gasteiger partial charge in [0.15, 0.2) is 23.6 Å². The van der Waals surface area contributed by atoms with E-state index in [-0.39, 0.29) is 22.2 Å². The van der Waals surface area contributed by atoms with Crippen molar-refractivity contribution in [2.24, 2.45) is 5.16 Å². The second-order valence-electron chi connectivity index (χ2n) is 7.58. The molecule has 0 radical (unpaired) electrons. The molecule has 0 spiro atoms. The molecule has 188 valence electrons. The number of nitrogens with zero attached hydrogens (tertiary/aromatic N) is 4. The van der Waals surface area contributed by atoms with Crippen LogP contribution in [0.5, 0.6) is 0 Å². The quantitative estimate of drug-likeness (QED) is 0.0991. The maximum Gasteiger partial charge on any atom is 0.352 e. The zero-order valence-electron chi connectivity index (χ0n) is 19.1. The fraction of sp³-hybridized carbons (Fsp3) is 0.273. The van der Waals surface area contributed by atoms with E-state index in [4.69, 9.17) is 10.6 Å². The molecule has 1 saturated heterocycles. The summed E-state index contributed by atoms with van der Waals surface area (Å²) in [5.41, 5.74) is 6.35. The SMILES string of the molecule is C=CC[n+]1ccccc1SCC1=C(C(=O)O)N2C(=O)[C@@H](NC(=O)C(=NOC)c3csc(N)n3)[C@H]2SC1. The van der Waals surface area contributed by atoms with Crippen LogP contribution in [0.4, 0.5) is 5.13 Å². The number of hydrogen-bond donors (Lipinski definition) is 3. The molecule has 1 fully saturated rings. The van der Waals surface area contributed by atoms with Crippen LogP contribution in [-0.2, 0) is 25.8 Å². The van der Waals surface area contributed by atoms with Crippen LogP contribution >= 0.6 is 34.9 Å². The van der Waals surface area contributed by atoms with Crippen LogP contribution in [0.1, 0.15) is 5.69 Å². The van der Waals surface area contributed by atoms with Crippen LogP contribution in [0.25, 0.3) is 0 Å². The van der Waals surface area contributed by atoms with E-state index in [0.29, 0.717) is 23.6 Å². The third-order valence-corrected chi connectivity index (χ3v) is 8.49. The number of aliphatic carboxylic acids is 1. The Kier molecular flexibility index (Phi) is 7.96. The number of allylic oxidation sites excluding steroid dienone is 1. The van der Waals surface area contributed by atoms with E-state index in [9.17, 15) is 19.5 Å². The van der Waals surface area contributed by atoms with Gasteiger partial charge in [-0.15, -0.1) is 23.1 Å². The van der Waals surface area contributed by atoms with Gasteiger partial charge < -0.3 is 21.0 Å². The van der Waals surface area contributed by atoms with E-state index in [0.717, 1.165) is 16.4 Å². The number of carbonyl (C=O) groups is 3. The Bertz CT molecular complexity index is 1280. The van der Waals surface area contributed by atoms with Crippen LogP contribution in [0.3, 0.4) is 0 Å². The van der Waals surface area contributed by atoms with Crippen molar-refractivity contribution in [2.45, 2.75) is 23.0 Å². The molecule has 4 rings (SSSR count). The first-order chi connectivity index (χ1) is 17.3. The van der Waals surface area contributed by atoms with Gasteiger partial charge in [0.2, 0.25) is 5.03 Å². The number of carboxylic acid groups (broad SMARTS) is 1. The number of nitrogen functional groups attached to an aromatic ring is 1. The van der Waals surface area contributed by atoms with Crippen LogP contribution in [-0.4, -0.2) is 68.5 Å². The number of aromatic nitrogens is 2. The van der Waals surface area contributed by atoms with Crippen molar-refractivity contribution in [2.75, 3.05) is 24.3 Å². The highest BCUT2D eigenvalue weighted by atomic mass is 32.2. The number of anilines is 1. The molecule has 0 aromatic carbocycles.